The summed E-state index contributed by atoms with van der Waals surface area (Å²) < 4.78 is 10.5. The van der Waals surface area contributed by atoms with Crippen molar-refractivity contribution in [1.29, 1.82) is 0 Å². The molecule has 0 aliphatic carbocycles. The Morgan fingerprint density at radius 2 is 1.70 bits per heavy atom. The minimum Gasteiger partial charge on any atom is -0.383 e. The van der Waals surface area contributed by atoms with Crippen molar-refractivity contribution in [3.05, 3.63) is 29.8 Å². The first-order valence-electron chi connectivity index (χ1n) is 7.27. The molecule has 4 nitrogen and oxygen atoms in total. The van der Waals surface area contributed by atoms with E-state index in [0.29, 0.717) is 19.3 Å². The van der Waals surface area contributed by atoms with Crippen LogP contribution >= 0.6 is 0 Å². The van der Waals surface area contributed by atoms with Crippen LogP contribution in [0.3, 0.4) is 0 Å². The van der Waals surface area contributed by atoms with E-state index < -0.39 is 0 Å². The van der Waals surface area contributed by atoms with Crippen molar-refractivity contribution >= 4 is 5.69 Å². The van der Waals surface area contributed by atoms with Gasteiger partial charge in [-0.25, -0.2) is 0 Å². The van der Waals surface area contributed by atoms with Gasteiger partial charge in [0.25, 0.3) is 0 Å². The lowest BCUT2D eigenvalue weighted by Gasteiger charge is -2.29. The average molecular weight is 280 g/mol. The molecule has 1 aromatic carbocycles. The predicted octanol–water partition coefficient (Wildman–Crippen LogP) is 2.46. The van der Waals surface area contributed by atoms with Gasteiger partial charge in [-0.05, 0) is 25.1 Å². The van der Waals surface area contributed by atoms with Gasteiger partial charge in [0.2, 0.25) is 0 Å². The van der Waals surface area contributed by atoms with E-state index in [1.165, 1.54) is 11.3 Å². The molecule has 1 atom stereocenters. The Balaban J connectivity index is 2.98. The molecular weight excluding hydrogens is 252 g/mol. The topological polar surface area (TPSA) is 33.7 Å². The Morgan fingerprint density at radius 3 is 2.20 bits per heavy atom. The largest absolute Gasteiger partial charge is 0.383 e. The summed E-state index contributed by atoms with van der Waals surface area (Å²) in [6.07, 6.45) is 1.07. The van der Waals surface area contributed by atoms with Crippen molar-refractivity contribution in [2.75, 3.05) is 52.5 Å². The van der Waals surface area contributed by atoms with Gasteiger partial charge in [-0.1, -0.05) is 25.1 Å². The van der Waals surface area contributed by atoms with Crippen LogP contribution in [0.15, 0.2) is 24.3 Å². The standard InChI is InChI=1S/C16H28N2O2/c1-5-15(17-2)14-8-6-7-9-16(14)18(10-12-19-3)11-13-20-4/h6-9,15,17H,5,10-13H2,1-4H3. The van der Waals surface area contributed by atoms with Crippen molar-refractivity contribution in [3.63, 3.8) is 0 Å². The zero-order chi connectivity index (χ0) is 14.8. The average Bonchev–Trinajstić information content (AvgIpc) is 2.49. The highest BCUT2D eigenvalue weighted by Gasteiger charge is 2.15. The molecule has 0 spiro atoms. The third-order valence-electron chi connectivity index (χ3n) is 3.54. The summed E-state index contributed by atoms with van der Waals surface area (Å²) in [7, 11) is 5.49. The van der Waals surface area contributed by atoms with Crippen LogP contribution in [0.2, 0.25) is 0 Å². The molecule has 0 heterocycles. The maximum absolute atomic E-state index is 5.23. The van der Waals surface area contributed by atoms with E-state index in [1.807, 2.05) is 7.05 Å². The minimum absolute atomic E-state index is 0.374. The highest BCUT2D eigenvalue weighted by atomic mass is 16.5. The van der Waals surface area contributed by atoms with Crippen LogP contribution in [-0.4, -0.2) is 47.6 Å². The lowest BCUT2D eigenvalue weighted by Crippen LogP contribution is -2.32. The molecule has 0 amide bonds. The van der Waals surface area contributed by atoms with E-state index in [4.69, 9.17) is 9.47 Å². The first-order chi connectivity index (χ1) is 9.78. The number of benzene rings is 1. The van der Waals surface area contributed by atoms with E-state index in [1.54, 1.807) is 14.2 Å². The fourth-order valence-corrected chi connectivity index (χ4v) is 2.41. The van der Waals surface area contributed by atoms with Crippen LogP contribution in [0, 0.1) is 0 Å². The summed E-state index contributed by atoms with van der Waals surface area (Å²) in [6, 6.07) is 8.95. The molecule has 20 heavy (non-hydrogen) atoms. The summed E-state index contributed by atoms with van der Waals surface area (Å²) >= 11 is 0. The maximum Gasteiger partial charge on any atom is 0.0637 e. The van der Waals surface area contributed by atoms with E-state index >= 15 is 0 Å². The summed E-state index contributed by atoms with van der Waals surface area (Å²) in [4.78, 5) is 2.34. The monoisotopic (exact) mass is 280 g/mol. The number of methoxy groups -OCH3 is 2. The van der Waals surface area contributed by atoms with Crippen molar-refractivity contribution in [3.8, 4) is 0 Å². The van der Waals surface area contributed by atoms with Crippen LogP contribution in [0.1, 0.15) is 24.9 Å². The molecule has 0 saturated carbocycles. The molecule has 1 aromatic rings. The SMILES string of the molecule is CCC(NC)c1ccccc1N(CCOC)CCOC. The van der Waals surface area contributed by atoms with Crippen LogP contribution in [0.25, 0.3) is 0 Å². The summed E-state index contributed by atoms with van der Waals surface area (Å²) in [5.74, 6) is 0. The number of nitrogens with one attached hydrogen (secondary N) is 1. The number of hydrogen-bond acceptors (Lipinski definition) is 4. The first kappa shape index (κ1) is 17.0. The molecule has 0 aliphatic rings. The summed E-state index contributed by atoms with van der Waals surface area (Å²) in [5.41, 5.74) is 2.60. The van der Waals surface area contributed by atoms with E-state index in [2.05, 4.69) is 41.4 Å². The number of nitrogens with zero attached hydrogens (tertiary/aromatic N) is 1. The molecule has 1 N–H and O–H groups in total. The van der Waals surface area contributed by atoms with Crippen LogP contribution in [0.5, 0.6) is 0 Å². The molecule has 0 bridgehead atoms. The zero-order valence-corrected chi connectivity index (χ0v) is 13.2. The molecule has 0 radical (unpaired) electrons. The molecule has 0 saturated heterocycles. The Morgan fingerprint density at radius 1 is 1.10 bits per heavy atom. The highest BCUT2D eigenvalue weighted by molar-refractivity contribution is 5.55. The molecule has 0 aromatic heterocycles. The fourth-order valence-electron chi connectivity index (χ4n) is 2.41. The van der Waals surface area contributed by atoms with Gasteiger partial charge in [-0.3, -0.25) is 0 Å². The second-order valence-corrected chi connectivity index (χ2v) is 4.78. The van der Waals surface area contributed by atoms with Gasteiger partial charge in [0.15, 0.2) is 0 Å². The smallest absolute Gasteiger partial charge is 0.0637 e. The maximum atomic E-state index is 5.23. The molecule has 4 heteroatoms. The lowest BCUT2D eigenvalue weighted by atomic mass is 10.0. The predicted molar refractivity (Wildman–Crippen MR) is 84.5 cm³/mol. The second kappa shape index (κ2) is 9.75. The molecule has 0 fully saturated rings. The molecule has 114 valence electrons. The normalized spacial score (nSPS) is 12.4. The van der Waals surface area contributed by atoms with Gasteiger partial charge in [-0.2, -0.15) is 0 Å². The van der Waals surface area contributed by atoms with Gasteiger partial charge in [0.05, 0.1) is 13.2 Å². The Kier molecular flexibility index (Phi) is 8.26. The van der Waals surface area contributed by atoms with E-state index in [0.717, 1.165) is 19.5 Å². The number of para-hydroxylation sites is 1. The Hall–Kier alpha value is -1.10. The summed E-state index contributed by atoms with van der Waals surface area (Å²) in [5, 5.41) is 3.39. The highest BCUT2D eigenvalue weighted by Crippen LogP contribution is 2.27. The second-order valence-electron chi connectivity index (χ2n) is 4.78. The molecular formula is C16H28N2O2. The number of ether oxygens (including phenoxy) is 2. The fraction of sp³-hybridized carbons (Fsp3) is 0.625. The van der Waals surface area contributed by atoms with Crippen LogP contribution < -0.4 is 10.2 Å². The first-order valence-corrected chi connectivity index (χ1v) is 7.27. The molecule has 1 rings (SSSR count). The zero-order valence-electron chi connectivity index (χ0n) is 13.2. The van der Waals surface area contributed by atoms with Crippen molar-refractivity contribution in [2.24, 2.45) is 0 Å². The quantitative estimate of drug-likeness (QED) is 0.714. The van der Waals surface area contributed by atoms with E-state index in [-0.39, 0.29) is 0 Å². The molecule has 0 aliphatic heterocycles. The van der Waals surface area contributed by atoms with Crippen molar-refractivity contribution in [2.45, 2.75) is 19.4 Å². The number of anilines is 1. The van der Waals surface area contributed by atoms with Crippen LogP contribution in [0.4, 0.5) is 5.69 Å². The van der Waals surface area contributed by atoms with Gasteiger partial charge < -0.3 is 19.7 Å². The third kappa shape index (κ3) is 4.78. The van der Waals surface area contributed by atoms with Crippen molar-refractivity contribution < 1.29 is 9.47 Å². The molecule has 1 unspecified atom stereocenters. The Labute approximate surface area is 123 Å². The summed E-state index contributed by atoms with van der Waals surface area (Å²) in [6.45, 7) is 5.38. The lowest BCUT2D eigenvalue weighted by molar-refractivity contribution is 0.190. The Bertz CT molecular complexity index is 359. The van der Waals surface area contributed by atoms with Gasteiger partial charge in [-0.15, -0.1) is 0 Å². The van der Waals surface area contributed by atoms with Gasteiger partial charge in [0, 0.05) is 39.0 Å². The van der Waals surface area contributed by atoms with Crippen LogP contribution in [-0.2, 0) is 9.47 Å². The minimum atomic E-state index is 0.374. The van der Waals surface area contributed by atoms with Gasteiger partial charge in [0.1, 0.15) is 0 Å². The van der Waals surface area contributed by atoms with Gasteiger partial charge >= 0.3 is 0 Å². The number of hydrogen-bond donors (Lipinski definition) is 1. The number of rotatable bonds is 10. The van der Waals surface area contributed by atoms with E-state index in [9.17, 15) is 0 Å². The van der Waals surface area contributed by atoms with Crippen molar-refractivity contribution in [1.82, 2.24) is 5.32 Å². The third-order valence-corrected chi connectivity index (χ3v) is 3.54.